The van der Waals surface area contributed by atoms with Crippen LogP contribution in [0.4, 0.5) is 5.69 Å². The molecule has 2 aromatic carbocycles. The second-order valence-corrected chi connectivity index (χ2v) is 10.1. The van der Waals surface area contributed by atoms with Crippen molar-refractivity contribution in [2.75, 3.05) is 38.2 Å². The Labute approximate surface area is 232 Å². The van der Waals surface area contributed by atoms with Gasteiger partial charge in [0.15, 0.2) is 0 Å². The topological polar surface area (TPSA) is 154 Å². The summed E-state index contributed by atoms with van der Waals surface area (Å²) in [7, 11) is 0. The van der Waals surface area contributed by atoms with Gasteiger partial charge < -0.3 is 24.9 Å². The van der Waals surface area contributed by atoms with E-state index < -0.39 is 6.04 Å². The maximum absolute atomic E-state index is 13.6. The second kappa shape index (κ2) is 11.0. The molecule has 2 aliphatic heterocycles. The number of nitrogens with zero attached hydrogens (tertiary/aromatic N) is 6. The van der Waals surface area contributed by atoms with Gasteiger partial charge in [-0.05, 0) is 59.3 Å². The molecule has 6 rings (SSSR count). The zero-order valence-electron chi connectivity index (χ0n) is 21.3. The Morgan fingerprint density at radius 1 is 1.10 bits per heavy atom. The summed E-state index contributed by atoms with van der Waals surface area (Å²) >= 11 is 6.22. The van der Waals surface area contributed by atoms with E-state index in [9.17, 15) is 14.4 Å². The fourth-order valence-corrected chi connectivity index (χ4v) is 5.43. The predicted molar refractivity (Wildman–Crippen MR) is 147 cm³/mol. The summed E-state index contributed by atoms with van der Waals surface area (Å²) in [6.07, 6.45) is 5.04. The molecular weight excluding hydrogens is 538 g/mol. The van der Waals surface area contributed by atoms with Gasteiger partial charge in [-0.1, -0.05) is 11.6 Å². The van der Waals surface area contributed by atoms with Crippen molar-refractivity contribution in [3.8, 4) is 5.69 Å². The summed E-state index contributed by atoms with van der Waals surface area (Å²) in [6, 6.07) is 9.63. The lowest BCUT2D eigenvalue weighted by molar-refractivity contribution is -0.132. The molecular formula is C26H26ClN9O4. The van der Waals surface area contributed by atoms with Crippen molar-refractivity contribution < 1.29 is 14.3 Å². The first-order chi connectivity index (χ1) is 19.4. The number of tetrazole rings is 1. The van der Waals surface area contributed by atoms with E-state index in [0.29, 0.717) is 59.2 Å². The van der Waals surface area contributed by atoms with Gasteiger partial charge >= 0.3 is 5.69 Å². The normalized spacial score (nSPS) is 20.0. The van der Waals surface area contributed by atoms with Crippen molar-refractivity contribution in [1.29, 1.82) is 0 Å². The van der Waals surface area contributed by atoms with Gasteiger partial charge in [-0.3, -0.25) is 14.5 Å². The summed E-state index contributed by atoms with van der Waals surface area (Å²) in [4.78, 5) is 48.0. The van der Waals surface area contributed by atoms with Gasteiger partial charge in [-0.25, -0.2) is 4.79 Å². The SMILES string of the molecule is O=C(Nc1ccc2[nH]c(=O)[nH]c2c1)C1C[C@H](N2CCOCC2)CN1C(=O)/C=C/c1cc(Cl)ccc1-n1cnnn1. The third-order valence-corrected chi connectivity index (χ3v) is 7.44. The number of ether oxygens (including phenoxy) is 1. The van der Waals surface area contributed by atoms with Gasteiger partial charge in [0.05, 0.1) is 29.9 Å². The number of imidazole rings is 1. The van der Waals surface area contributed by atoms with Crippen LogP contribution in [-0.4, -0.2) is 96.7 Å². The lowest BCUT2D eigenvalue weighted by Gasteiger charge is -2.31. The number of nitrogens with one attached hydrogen (secondary N) is 3. The number of carbonyl (C=O) groups is 2. The number of aromatic amines is 2. The number of hydrogen-bond acceptors (Lipinski definition) is 8. The Morgan fingerprint density at radius 2 is 1.93 bits per heavy atom. The molecule has 3 N–H and O–H groups in total. The molecule has 40 heavy (non-hydrogen) atoms. The van der Waals surface area contributed by atoms with Crippen molar-refractivity contribution in [3.63, 3.8) is 0 Å². The zero-order valence-corrected chi connectivity index (χ0v) is 22.0. The number of hydrogen-bond donors (Lipinski definition) is 3. The van der Waals surface area contributed by atoms with E-state index in [4.69, 9.17) is 16.3 Å². The molecule has 0 saturated carbocycles. The van der Waals surface area contributed by atoms with Crippen molar-refractivity contribution in [2.45, 2.75) is 18.5 Å². The molecule has 2 amide bonds. The minimum atomic E-state index is -0.690. The first-order valence-corrected chi connectivity index (χ1v) is 13.2. The molecule has 1 unspecified atom stereocenters. The van der Waals surface area contributed by atoms with Gasteiger partial charge in [0.2, 0.25) is 11.8 Å². The summed E-state index contributed by atoms with van der Waals surface area (Å²) in [5.74, 6) is -0.601. The molecule has 2 atom stereocenters. The number of benzene rings is 2. The number of carbonyl (C=O) groups excluding carboxylic acids is 2. The van der Waals surface area contributed by atoms with Crippen LogP contribution in [0, 0.1) is 0 Å². The highest BCUT2D eigenvalue weighted by atomic mass is 35.5. The highest BCUT2D eigenvalue weighted by molar-refractivity contribution is 6.30. The highest BCUT2D eigenvalue weighted by Crippen LogP contribution is 2.26. The molecule has 0 spiro atoms. The number of aromatic nitrogens is 6. The molecule has 2 fully saturated rings. The van der Waals surface area contributed by atoms with Crippen LogP contribution < -0.4 is 11.0 Å². The van der Waals surface area contributed by atoms with Gasteiger partial charge in [0, 0.05) is 48.0 Å². The number of anilines is 1. The van der Waals surface area contributed by atoms with Crippen LogP contribution in [0.2, 0.25) is 5.02 Å². The lowest BCUT2D eigenvalue weighted by atomic mass is 10.1. The number of amides is 2. The van der Waals surface area contributed by atoms with E-state index in [2.05, 4.69) is 35.7 Å². The molecule has 4 aromatic rings. The average Bonchev–Trinajstić information content (AvgIpc) is 3.71. The van der Waals surface area contributed by atoms with Gasteiger partial charge in [-0.15, -0.1) is 5.10 Å². The van der Waals surface area contributed by atoms with Crippen LogP contribution in [0.25, 0.3) is 22.8 Å². The van der Waals surface area contributed by atoms with E-state index in [0.717, 1.165) is 13.1 Å². The van der Waals surface area contributed by atoms with Crippen LogP contribution in [0.5, 0.6) is 0 Å². The maximum Gasteiger partial charge on any atom is 0.323 e. The van der Waals surface area contributed by atoms with Gasteiger partial charge in [-0.2, -0.15) is 4.68 Å². The van der Waals surface area contributed by atoms with Crippen molar-refractivity contribution >= 4 is 46.2 Å². The third kappa shape index (κ3) is 5.39. The maximum atomic E-state index is 13.6. The fourth-order valence-electron chi connectivity index (χ4n) is 5.24. The minimum absolute atomic E-state index is 0.0171. The zero-order chi connectivity index (χ0) is 27.6. The Morgan fingerprint density at radius 3 is 2.73 bits per heavy atom. The first kappa shape index (κ1) is 25.9. The average molecular weight is 564 g/mol. The Bertz CT molecular complexity index is 1620. The van der Waals surface area contributed by atoms with Crippen molar-refractivity contribution in [3.05, 3.63) is 69.9 Å². The van der Waals surface area contributed by atoms with E-state index in [-0.39, 0.29) is 23.5 Å². The number of H-pyrrole nitrogens is 2. The molecule has 2 saturated heterocycles. The smallest absolute Gasteiger partial charge is 0.323 e. The quantitative estimate of drug-likeness (QED) is 0.298. The van der Waals surface area contributed by atoms with E-state index in [1.165, 1.54) is 17.1 Å². The van der Waals surface area contributed by atoms with Crippen molar-refractivity contribution in [2.24, 2.45) is 0 Å². The van der Waals surface area contributed by atoms with Crippen LogP contribution in [0.3, 0.4) is 0 Å². The van der Waals surface area contributed by atoms with Gasteiger partial charge in [0.1, 0.15) is 12.4 Å². The summed E-state index contributed by atoms with van der Waals surface area (Å²) in [5, 5.41) is 14.7. The largest absolute Gasteiger partial charge is 0.379 e. The molecule has 0 aliphatic carbocycles. The molecule has 4 heterocycles. The Hall–Kier alpha value is -4.33. The lowest BCUT2D eigenvalue weighted by Crippen LogP contribution is -2.45. The number of fused-ring (bicyclic) bond motifs is 1. The highest BCUT2D eigenvalue weighted by Gasteiger charge is 2.41. The molecule has 0 bridgehead atoms. The molecule has 0 radical (unpaired) electrons. The summed E-state index contributed by atoms with van der Waals surface area (Å²) in [6.45, 7) is 3.12. The molecule has 14 heteroatoms. The fraction of sp³-hybridized carbons (Fsp3) is 0.308. The number of halogens is 1. The molecule has 2 aromatic heterocycles. The minimum Gasteiger partial charge on any atom is -0.379 e. The second-order valence-electron chi connectivity index (χ2n) is 9.66. The van der Waals surface area contributed by atoms with Crippen LogP contribution in [-0.2, 0) is 14.3 Å². The summed E-state index contributed by atoms with van der Waals surface area (Å²) < 4.78 is 6.98. The third-order valence-electron chi connectivity index (χ3n) is 7.20. The van der Waals surface area contributed by atoms with E-state index >= 15 is 0 Å². The monoisotopic (exact) mass is 563 g/mol. The molecule has 206 valence electrons. The molecule has 13 nitrogen and oxygen atoms in total. The standard InChI is InChI=1S/C26H26ClN9O4/c27-17-2-5-22(36-15-28-32-33-36)16(11-17)1-6-24(37)35-14-19(34-7-9-40-10-8-34)13-23(35)25(38)29-18-3-4-20-21(12-18)31-26(39)30-20/h1-6,11-12,15,19,23H,7-10,13-14H2,(H,29,38)(H2,30,31,39)/b6-1+/t19-,23?/m0/s1. The van der Waals surface area contributed by atoms with E-state index in [1.807, 2.05) is 0 Å². The Kier molecular flexibility index (Phi) is 7.15. The van der Waals surface area contributed by atoms with E-state index in [1.54, 1.807) is 47.4 Å². The number of rotatable bonds is 6. The molecule has 2 aliphatic rings. The first-order valence-electron chi connectivity index (χ1n) is 12.8. The predicted octanol–water partition coefficient (Wildman–Crippen LogP) is 1.44. The van der Waals surface area contributed by atoms with Crippen LogP contribution >= 0.6 is 11.6 Å². The number of likely N-dealkylation sites (tertiary alicyclic amines) is 1. The number of morpholine rings is 1. The van der Waals surface area contributed by atoms with Crippen molar-refractivity contribution in [1.82, 2.24) is 40.0 Å². The van der Waals surface area contributed by atoms with Gasteiger partial charge in [0.25, 0.3) is 0 Å². The Balaban J connectivity index is 1.25. The van der Waals surface area contributed by atoms with Crippen LogP contribution in [0.1, 0.15) is 12.0 Å². The summed E-state index contributed by atoms with van der Waals surface area (Å²) in [5.41, 5.74) is 2.71. The van der Waals surface area contributed by atoms with Crippen LogP contribution in [0.15, 0.2) is 53.6 Å².